The highest BCUT2D eigenvalue weighted by Crippen LogP contribution is 2.32. The lowest BCUT2D eigenvalue weighted by atomic mass is 9.92. The van der Waals surface area contributed by atoms with Gasteiger partial charge in [0.2, 0.25) is 10.0 Å². The van der Waals surface area contributed by atoms with Crippen molar-refractivity contribution < 1.29 is 27.5 Å². The number of benzene rings is 2. The van der Waals surface area contributed by atoms with Gasteiger partial charge in [-0.2, -0.15) is 0 Å². The summed E-state index contributed by atoms with van der Waals surface area (Å²) in [6.07, 6.45) is 0.711. The van der Waals surface area contributed by atoms with Crippen LogP contribution in [0.2, 0.25) is 0 Å². The lowest BCUT2D eigenvalue weighted by Gasteiger charge is -2.22. The van der Waals surface area contributed by atoms with Gasteiger partial charge in [0.25, 0.3) is 5.91 Å². The van der Waals surface area contributed by atoms with Crippen LogP contribution in [-0.4, -0.2) is 62.5 Å². The van der Waals surface area contributed by atoms with Crippen molar-refractivity contribution in [2.24, 2.45) is 0 Å². The first kappa shape index (κ1) is 23.7. The number of sulfonamides is 1. The number of imide groups is 1. The molecule has 34 heavy (non-hydrogen) atoms. The highest BCUT2D eigenvalue weighted by atomic mass is 32.2. The number of carbonyl (C=O) groups excluding carboxylic acids is 3. The zero-order chi connectivity index (χ0) is 24.7. The van der Waals surface area contributed by atoms with Crippen molar-refractivity contribution >= 4 is 33.4 Å². The van der Waals surface area contributed by atoms with Crippen molar-refractivity contribution in [1.29, 1.82) is 0 Å². The van der Waals surface area contributed by atoms with E-state index >= 15 is 0 Å². The molecule has 3 amide bonds. The lowest BCUT2D eigenvalue weighted by molar-refractivity contribution is -0.130. The van der Waals surface area contributed by atoms with E-state index in [2.05, 4.69) is 5.32 Å². The molecule has 0 aliphatic carbocycles. The first-order valence-corrected chi connectivity index (χ1v) is 12.6. The van der Waals surface area contributed by atoms with Gasteiger partial charge in [0.15, 0.2) is 5.78 Å². The number of ether oxygens (including phenoxy) is 1. The SMILES string of the molecule is CCS(=O)(=O)N1CCc2cc(C(=O)CN3C(=O)NC(C)(Cc4ccccc4OC)C3=O)ccc21. The van der Waals surface area contributed by atoms with Crippen LogP contribution in [0.1, 0.15) is 35.3 Å². The highest BCUT2D eigenvalue weighted by molar-refractivity contribution is 7.92. The maximum Gasteiger partial charge on any atom is 0.325 e. The molecule has 2 aromatic carbocycles. The molecule has 4 rings (SSSR count). The minimum absolute atomic E-state index is 0.00702. The van der Waals surface area contributed by atoms with Gasteiger partial charge in [-0.1, -0.05) is 18.2 Å². The second-order valence-corrected chi connectivity index (χ2v) is 10.8. The molecule has 2 aliphatic heterocycles. The molecule has 0 aromatic heterocycles. The molecule has 0 radical (unpaired) electrons. The fourth-order valence-electron chi connectivity index (χ4n) is 4.46. The number of nitrogens with one attached hydrogen (secondary N) is 1. The van der Waals surface area contributed by atoms with E-state index in [-0.39, 0.29) is 12.2 Å². The maximum atomic E-state index is 13.2. The Balaban J connectivity index is 1.51. The molecule has 0 spiro atoms. The van der Waals surface area contributed by atoms with Gasteiger partial charge in [-0.05, 0) is 55.7 Å². The van der Waals surface area contributed by atoms with Gasteiger partial charge < -0.3 is 10.1 Å². The molecule has 1 fully saturated rings. The van der Waals surface area contributed by atoms with E-state index in [1.165, 1.54) is 17.5 Å². The largest absolute Gasteiger partial charge is 0.496 e. The molecule has 2 aliphatic rings. The van der Waals surface area contributed by atoms with Gasteiger partial charge in [-0.15, -0.1) is 0 Å². The van der Waals surface area contributed by atoms with Crippen LogP contribution < -0.4 is 14.4 Å². The van der Waals surface area contributed by atoms with Crippen LogP contribution in [0.3, 0.4) is 0 Å². The van der Waals surface area contributed by atoms with Crippen molar-refractivity contribution in [2.75, 3.05) is 30.3 Å². The van der Waals surface area contributed by atoms with Crippen molar-refractivity contribution in [3.05, 3.63) is 59.2 Å². The normalized spacial score (nSPS) is 19.9. The van der Waals surface area contributed by atoms with E-state index in [1.54, 1.807) is 32.0 Å². The zero-order valence-electron chi connectivity index (χ0n) is 19.3. The number of fused-ring (bicyclic) bond motifs is 1. The van der Waals surface area contributed by atoms with Crippen LogP contribution >= 0.6 is 0 Å². The van der Waals surface area contributed by atoms with Crippen LogP contribution in [0.5, 0.6) is 5.75 Å². The van der Waals surface area contributed by atoms with E-state index in [1.807, 2.05) is 18.2 Å². The van der Waals surface area contributed by atoms with Crippen molar-refractivity contribution in [1.82, 2.24) is 10.2 Å². The summed E-state index contributed by atoms with van der Waals surface area (Å²) in [7, 11) is -1.85. The summed E-state index contributed by atoms with van der Waals surface area (Å²) in [5, 5.41) is 2.71. The minimum Gasteiger partial charge on any atom is -0.496 e. The van der Waals surface area contributed by atoms with Crippen molar-refractivity contribution in [2.45, 2.75) is 32.2 Å². The van der Waals surface area contributed by atoms with Crippen LogP contribution in [0, 0.1) is 0 Å². The Morgan fingerprint density at radius 1 is 1.18 bits per heavy atom. The Morgan fingerprint density at radius 2 is 1.91 bits per heavy atom. The first-order valence-electron chi connectivity index (χ1n) is 11.0. The van der Waals surface area contributed by atoms with Crippen LogP contribution in [0.25, 0.3) is 0 Å². The van der Waals surface area contributed by atoms with Gasteiger partial charge in [0, 0.05) is 18.5 Å². The Labute approximate surface area is 198 Å². The zero-order valence-corrected chi connectivity index (χ0v) is 20.1. The number of Topliss-reactive ketones (excluding diaryl/α,β-unsaturated/α-hetero) is 1. The highest BCUT2D eigenvalue weighted by Gasteiger charge is 2.48. The van der Waals surface area contributed by atoms with Gasteiger partial charge >= 0.3 is 6.03 Å². The van der Waals surface area contributed by atoms with Crippen LogP contribution in [0.4, 0.5) is 10.5 Å². The molecule has 1 atom stereocenters. The number of hydrogen-bond donors (Lipinski definition) is 1. The molecule has 2 aromatic rings. The molecule has 1 N–H and O–H groups in total. The first-order chi connectivity index (χ1) is 16.1. The predicted octanol–water partition coefficient (Wildman–Crippen LogP) is 2.14. The molecule has 180 valence electrons. The molecule has 2 heterocycles. The molecular weight excluding hydrogens is 458 g/mol. The van der Waals surface area contributed by atoms with Gasteiger partial charge in [-0.25, -0.2) is 13.2 Å². The number of rotatable bonds is 8. The number of carbonyl (C=O) groups is 3. The maximum absolute atomic E-state index is 13.2. The monoisotopic (exact) mass is 485 g/mol. The van der Waals surface area contributed by atoms with Gasteiger partial charge in [-0.3, -0.25) is 18.8 Å². The fraction of sp³-hybridized carbons (Fsp3) is 0.375. The lowest BCUT2D eigenvalue weighted by Crippen LogP contribution is -2.46. The summed E-state index contributed by atoms with van der Waals surface area (Å²) in [6.45, 7) is 3.15. The molecule has 9 nitrogen and oxygen atoms in total. The van der Waals surface area contributed by atoms with Crippen molar-refractivity contribution in [3.63, 3.8) is 0 Å². The average Bonchev–Trinajstić information content (AvgIpc) is 3.34. The van der Waals surface area contributed by atoms with Crippen molar-refractivity contribution in [3.8, 4) is 5.75 Å². The number of hydrogen-bond acceptors (Lipinski definition) is 6. The smallest absolute Gasteiger partial charge is 0.325 e. The number of methoxy groups -OCH3 is 1. The van der Waals surface area contributed by atoms with Gasteiger partial charge in [0.1, 0.15) is 11.3 Å². The third kappa shape index (κ3) is 4.13. The standard InChI is InChI=1S/C24H27N3O6S/c1-4-34(31,32)27-12-11-16-13-17(9-10-19(16)27)20(28)15-26-22(29)24(2,25-23(26)30)14-18-7-5-6-8-21(18)33-3/h5-10,13H,4,11-12,14-15H2,1-3H3,(H,25,30). The Morgan fingerprint density at radius 3 is 2.62 bits per heavy atom. The van der Waals surface area contributed by atoms with E-state index in [4.69, 9.17) is 4.74 Å². The number of urea groups is 1. The van der Waals surface area contributed by atoms with Gasteiger partial charge in [0.05, 0.1) is 25.1 Å². The second-order valence-electron chi connectivity index (χ2n) is 8.63. The van der Waals surface area contributed by atoms with E-state index in [0.29, 0.717) is 30.0 Å². The molecule has 1 saturated heterocycles. The number of ketones is 1. The molecular formula is C24H27N3O6S. The Kier molecular flexibility index (Phi) is 6.11. The van der Waals surface area contributed by atoms with Crippen LogP contribution in [-0.2, 0) is 27.7 Å². The number of para-hydroxylation sites is 1. The number of amides is 3. The number of anilines is 1. The number of nitrogens with zero attached hydrogens (tertiary/aromatic N) is 2. The summed E-state index contributed by atoms with van der Waals surface area (Å²) in [5.41, 5.74) is 1.20. The second kappa shape index (κ2) is 8.75. The third-order valence-corrected chi connectivity index (χ3v) is 8.12. The molecule has 0 bridgehead atoms. The molecule has 10 heteroatoms. The van der Waals surface area contributed by atoms with E-state index in [9.17, 15) is 22.8 Å². The summed E-state index contributed by atoms with van der Waals surface area (Å²) in [6, 6.07) is 11.4. The van der Waals surface area contributed by atoms with E-state index in [0.717, 1.165) is 16.0 Å². The van der Waals surface area contributed by atoms with Crippen LogP contribution in [0.15, 0.2) is 42.5 Å². The molecule has 1 unspecified atom stereocenters. The summed E-state index contributed by atoms with van der Waals surface area (Å²) in [4.78, 5) is 39.7. The fourth-order valence-corrected chi connectivity index (χ4v) is 5.62. The predicted molar refractivity (Wildman–Crippen MR) is 127 cm³/mol. The molecule has 0 saturated carbocycles. The average molecular weight is 486 g/mol. The minimum atomic E-state index is -3.39. The summed E-state index contributed by atoms with van der Waals surface area (Å²) < 4.78 is 31.3. The third-order valence-electron chi connectivity index (χ3n) is 6.34. The quantitative estimate of drug-likeness (QED) is 0.453. The summed E-state index contributed by atoms with van der Waals surface area (Å²) in [5.74, 6) is -0.284. The Bertz CT molecular complexity index is 1280. The summed E-state index contributed by atoms with van der Waals surface area (Å²) >= 11 is 0. The Hall–Kier alpha value is -3.40. The topological polar surface area (TPSA) is 113 Å². The van der Waals surface area contributed by atoms with E-state index < -0.39 is 39.8 Å².